The summed E-state index contributed by atoms with van der Waals surface area (Å²) in [5, 5.41) is 9.67. The largest absolute Gasteiger partial charge is 0.481 e. The zero-order valence-electron chi connectivity index (χ0n) is 11.9. The van der Waals surface area contributed by atoms with Gasteiger partial charge in [0.1, 0.15) is 0 Å². The predicted molar refractivity (Wildman–Crippen MR) is 81.4 cm³/mol. The number of carboxylic acid groups (broad SMARTS) is 1. The number of carbonyl (C=O) groups is 2. The third-order valence-corrected chi connectivity index (χ3v) is 3.40. The first-order chi connectivity index (χ1) is 11.1. The lowest BCUT2D eigenvalue weighted by Crippen LogP contribution is -2.18. The van der Waals surface area contributed by atoms with Crippen LogP contribution in [0, 0.1) is 5.82 Å². The monoisotopic (exact) mass is 313 g/mol. The molecule has 6 heteroatoms. The highest BCUT2D eigenvalue weighted by molar-refractivity contribution is 6.06. The number of carbonyl (C=O) groups excluding carboxylic acids is 1. The molecule has 23 heavy (non-hydrogen) atoms. The summed E-state index contributed by atoms with van der Waals surface area (Å²) in [6.07, 6.45) is 1.25. The first-order valence-electron chi connectivity index (χ1n) is 6.82. The van der Waals surface area contributed by atoms with E-state index >= 15 is 0 Å². The second kappa shape index (κ2) is 5.92. The summed E-state index contributed by atoms with van der Waals surface area (Å²) in [6.45, 7) is -0.404. The molecule has 1 N–H and O–H groups in total. The van der Waals surface area contributed by atoms with E-state index in [1.165, 1.54) is 29.0 Å². The number of aromatic nitrogens is 1. The molecule has 1 aromatic heterocycles. The van der Waals surface area contributed by atoms with Crippen molar-refractivity contribution < 1.29 is 23.8 Å². The highest BCUT2D eigenvalue weighted by Gasteiger charge is 2.18. The van der Waals surface area contributed by atoms with Crippen LogP contribution in [-0.2, 0) is 0 Å². The molecule has 5 nitrogen and oxygen atoms in total. The molecule has 0 saturated carbocycles. The summed E-state index contributed by atoms with van der Waals surface area (Å²) in [5.41, 5.74) is 0.492. The second-order valence-electron chi connectivity index (χ2n) is 4.85. The Morgan fingerprint density at radius 2 is 1.78 bits per heavy atom. The molecular weight excluding hydrogens is 301 g/mol. The Hall–Kier alpha value is -3.15. The topological polar surface area (TPSA) is 68.5 Å². The van der Waals surface area contributed by atoms with Crippen molar-refractivity contribution in [1.29, 1.82) is 0 Å². The average Bonchev–Trinajstić information content (AvgIpc) is 2.94. The Kier molecular flexibility index (Phi) is 3.80. The number of hydrogen-bond acceptors (Lipinski definition) is 3. The van der Waals surface area contributed by atoms with E-state index < -0.39 is 24.3 Å². The molecule has 0 amide bonds. The fourth-order valence-electron chi connectivity index (χ4n) is 2.33. The van der Waals surface area contributed by atoms with E-state index in [2.05, 4.69) is 0 Å². The Morgan fingerprint density at radius 1 is 1.09 bits per heavy atom. The summed E-state index contributed by atoms with van der Waals surface area (Å²) < 4.78 is 19.9. The van der Waals surface area contributed by atoms with Crippen LogP contribution >= 0.6 is 0 Å². The van der Waals surface area contributed by atoms with Gasteiger partial charge in [0, 0.05) is 11.6 Å². The highest BCUT2D eigenvalue weighted by atomic mass is 19.1. The van der Waals surface area contributed by atoms with Gasteiger partial charge >= 0.3 is 5.97 Å². The van der Waals surface area contributed by atoms with Crippen LogP contribution in [0.3, 0.4) is 0 Å². The van der Waals surface area contributed by atoms with Gasteiger partial charge in [0.15, 0.2) is 18.2 Å². The first kappa shape index (κ1) is 14.8. The summed E-state index contributed by atoms with van der Waals surface area (Å²) >= 11 is 0. The molecule has 3 aromatic rings. The summed E-state index contributed by atoms with van der Waals surface area (Å²) in [6, 6.07) is 12.4. The van der Waals surface area contributed by atoms with Crippen molar-refractivity contribution in [3.63, 3.8) is 0 Å². The number of halogens is 1. The summed E-state index contributed by atoms with van der Waals surface area (Å²) in [7, 11) is 0. The molecule has 2 aromatic carbocycles. The van der Waals surface area contributed by atoms with Gasteiger partial charge in [0.2, 0.25) is 0 Å². The molecule has 0 spiro atoms. The average molecular weight is 313 g/mol. The van der Waals surface area contributed by atoms with Gasteiger partial charge < -0.3 is 9.84 Å². The number of nitrogens with zero attached hydrogens (tertiary/aromatic N) is 1. The maximum atomic E-state index is 13.5. The Labute approximate surface area is 130 Å². The van der Waals surface area contributed by atoms with Crippen molar-refractivity contribution in [2.45, 2.75) is 0 Å². The number of fused-ring (bicyclic) bond motifs is 1. The van der Waals surface area contributed by atoms with Gasteiger partial charge in [0.05, 0.1) is 11.1 Å². The normalized spacial score (nSPS) is 10.7. The van der Waals surface area contributed by atoms with Crippen LogP contribution in [0.5, 0.6) is 5.75 Å². The van der Waals surface area contributed by atoms with Crippen molar-refractivity contribution in [3.8, 4) is 5.75 Å². The molecule has 1 heterocycles. The molecule has 0 saturated heterocycles. The maximum absolute atomic E-state index is 13.5. The second-order valence-corrected chi connectivity index (χ2v) is 4.85. The zero-order chi connectivity index (χ0) is 16.4. The first-order valence-corrected chi connectivity index (χ1v) is 6.82. The number of ether oxygens (including phenoxy) is 1. The van der Waals surface area contributed by atoms with Crippen molar-refractivity contribution in [3.05, 3.63) is 66.1 Å². The molecule has 0 radical (unpaired) electrons. The molecule has 0 aliphatic carbocycles. The fourth-order valence-corrected chi connectivity index (χ4v) is 2.33. The van der Waals surface area contributed by atoms with Gasteiger partial charge in [-0.05, 0) is 18.2 Å². The summed E-state index contributed by atoms with van der Waals surface area (Å²) in [4.78, 5) is 23.6. The number of carboxylic acids is 1. The van der Waals surface area contributed by atoms with E-state index in [0.717, 1.165) is 0 Å². The molecule has 0 atom stereocenters. The minimum Gasteiger partial charge on any atom is -0.481 e. The van der Waals surface area contributed by atoms with Gasteiger partial charge in [-0.25, -0.2) is 9.18 Å². The number of para-hydroxylation sites is 2. The minimum atomic E-state index is -1.12. The number of benzene rings is 2. The lowest BCUT2D eigenvalue weighted by atomic mass is 10.2. The minimum absolute atomic E-state index is 0.0276. The van der Waals surface area contributed by atoms with Gasteiger partial charge in [-0.2, -0.15) is 0 Å². The Morgan fingerprint density at radius 3 is 2.52 bits per heavy atom. The smallest absolute Gasteiger partial charge is 0.337 e. The van der Waals surface area contributed by atoms with E-state index in [9.17, 15) is 19.1 Å². The van der Waals surface area contributed by atoms with Crippen molar-refractivity contribution in [2.24, 2.45) is 0 Å². The van der Waals surface area contributed by atoms with Crippen molar-refractivity contribution in [2.75, 3.05) is 6.61 Å². The molecule has 0 fully saturated rings. The van der Waals surface area contributed by atoms with E-state index in [-0.39, 0.29) is 11.3 Å². The van der Waals surface area contributed by atoms with Crippen LogP contribution in [0.15, 0.2) is 54.7 Å². The van der Waals surface area contributed by atoms with Crippen LogP contribution in [-0.4, -0.2) is 28.2 Å². The van der Waals surface area contributed by atoms with Gasteiger partial charge in [-0.1, -0.05) is 30.3 Å². The van der Waals surface area contributed by atoms with Crippen molar-refractivity contribution >= 4 is 22.8 Å². The molecule has 0 unspecified atom stereocenters. The molecule has 116 valence electrons. The molecule has 0 aliphatic heterocycles. The van der Waals surface area contributed by atoms with E-state index in [1.54, 1.807) is 30.3 Å². The molecule has 0 aliphatic rings. The van der Waals surface area contributed by atoms with Crippen LogP contribution in [0.2, 0.25) is 0 Å². The third-order valence-electron chi connectivity index (χ3n) is 3.40. The molecule has 0 bridgehead atoms. The highest BCUT2D eigenvalue weighted by Crippen LogP contribution is 2.22. The fraction of sp³-hybridized carbons (Fsp3) is 0.0588. The lowest BCUT2D eigenvalue weighted by molar-refractivity contribution is 0.0699. The Bertz CT molecular complexity index is 900. The quantitative estimate of drug-likeness (QED) is 0.803. The van der Waals surface area contributed by atoms with E-state index in [4.69, 9.17) is 4.74 Å². The molecular formula is C17H12FNO4. The predicted octanol–water partition coefficient (Wildman–Crippen LogP) is 3.20. The Balaban J connectivity index is 1.90. The number of hydrogen-bond donors (Lipinski definition) is 1. The number of aromatic carboxylic acids is 1. The van der Waals surface area contributed by atoms with Gasteiger partial charge in [-0.15, -0.1) is 0 Å². The zero-order valence-corrected chi connectivity index (χ0v) is 11.9. The van der Waals surface area contributed by atoms with Crippen LogP contribution in [0.25, 0.3) is 10.9 Å². The van der Waals surface area contributed by atoms with E-state index in [0.29, 0.717) is 10.9 Å². The van der Waals surface area contributed by atoms with Crippen LogP contribution < -0.4 is 4.74 Å². The third kappa shape index (κ3) is 2.78. The molecule has 3 rings (SSSR count). The van der Waals surface area contributed by atoms with Crippen molar-refractivity contribution in [1.82, 2.24) is 4.57 Å². The van der Waals surface area contributed by atoms with Crippen LogP contribution in [0.4, 0.5) is 4.39 Å². The SMILES string of the molecule is O=C(O)c1cn(C(=O)COc2ccccc2F)c2ccccc12. The van der Waals surface area contributed by atoms with E-state index in [1.807, 2.05) is 0 Å². The number of rotatable bonds is 4. The lowest BCUT2D eigenvalue weighted by Gasteiger charge is -2.07. The maximum Gasteiger partial charge on any atom is 0.337 e. The van der Waals surface area contributed by atoms with Gasteiger partial charge in [-0.3, -0.25) is 9.36 Å². The standard InChI is InChI=1S/C17H12FNO4/c18-13-6-2-4-8-15(13)23-10-16(20)19-9-12(17(21)22)11-5-1-3-7-14(11)19/h1-9H,10H2,(H,21,22). The summed E-state index contributed by atoms with van der Waals surface area (Å²) in [5.74, 6) is -2.21. The van der Waals surface area contributed by atoms with Gasteiger partial charge in [0.25, 0.3) is 5.91 Å². The van der Waals surface area contributed by atoms with Crippen LogP contribution in [0.1, 0.15) is 15.2 Å².